The van der Waals surface area contributed by atoms with Crippen LogP contribution >= 0.6 is 0 Å². The Kier molecular flexibility index (Phi) is 5.62. The summed E-state index contributed by atoms with van der Waals surface area (Å²) in [5.41, 5.74) is 5.94. The molecular formula is C17H24N6O2. The molecule has 0 aromatic carbocycles. The molecule has 1 aliphatic rings. The van der Waals surface area contributed by atoms with E-state index in [-0.39, 0.29) is 0 Å². The zero-order valence-electron chi connectivity index (χ0n) is 14.5. The number of rotatable bonds is 7. The van der Waals surface area contributed by atoms with E-state index in [1.165, 1.54) is 0 Å². The van der Waals surface area contributed by atoms with Gasteiger partial charge in [0.25, 0.3) is 5.91 Å². The smallest absolute Gasteiger partial charge is 0.252 e. The minimum Gasteiger partial charge on any atom is -0.383 e. The van der Waals surface area contributed by atoms with Crippen LogP contribution in [0.5, 0.6) is 0 Å². The first kappa shape index (κ1) is 17.4. The number of ether oxygens (including phenoxy) is 1. The molecule has 0 aliphatic carbocycles. The lowest BCUT2D eigenvalue weighted by Crippen LogP contribution is -2.47. The molecule has 0 bridgehead atoms. The van der Waals surface area contributed by atoms with Crippen LogP contribution in [0.2, 0.25) is 0 Å². The highest BCUT2D eigenvalue weighted by Crippen LogP contribution is 2.19. The number of carbonyl (C=O) groups is 1. The first-order valence-corrected chi connectivity index (χ1v) is 8.40. The monoisotopic (exact) mass is 344 g/mol. The molecule has 8 nitrogen and oxygen atoms in total. The fraction of sp³-hybridized carbons (Fsp3) is 0.471. The van der Waals surface area contributed by atoms with Crippen molar-refractivity contribution in [2.45, 2.75) is 13.1 Å². The molecule has 0 saturated carbocycles. The molecule has 1 amide bonds. The second-order valence-corrected chi connectivity index (χ2v) is 6.03. The minimum absolute atomic E-state index is 0.439. The van der Waals surface area contributed by atoms with Crippen molar-refractivity contribution in [1.82, 2.24) is 19.4 Å². The van der Waals surface area contributed by atoms with E-state index >= 15 is 0 Å². The molecule has 0 unspecified atom stereocenters. The van der Waals surface area contributed by atoms with E-state index in [9.17, 15) is 4.79 Å². The summed E-state index contributed by atoms with van der Waals surface area (Å²) in [5.74, 6) is 1.28. The van der Waals surface area contributed by atoms with Crippen molar-refractivity contribution in [2.24, 2.45) is 5.73 Å². The van der Waals surface area contributed by atoms with Crippen LogP contribution in [0.3, 0.4) is 0 Å². The SMILES string of the molecule is COCCn1ccnc1CN1CCN(c2ncccc2C(N)=O)CC1. The molecule has 1 saturated heterocycles. The van der Waals surface area contributed by atoms with Crippen LogP contribution < -0.4 is 10.6 Å². The molecule has 1 fully saturated rings. The van der Waals surface area contributed by atoms with Gasteiger partial charge < -0.3 is 19.9 Å². The highest BCUT2D eigenvalue weighted by molar-refractivity contribution is 5.97. The number of aromatic nitrogens is 3. The zero-order valence-corrected chi connectivity index (χ0v) is 14.5. The summed E-state index contributed by atoms with van der Waals surface area (Å²) in [7, 11) is 1.70. The lowest BCUT2D eigenvalue weighted by atomic mass is 10.2. The average Bonchev–Trinajstić information content (AvgIpc) is 3.07. The molecule has 134 valence electrons. The molecule has 0 atom stereocenters. The van der Waals surface area contributed by atoms with Crippen LogP contribution in [-0.4, -0.2) is 65.2 Å². The Morgan fingerprint density at radius 1 is 1.24 bits per heavy atom. The molecule has 2 aromatic rings. The van der Waals surface area contributed by atoms with E-state index in [1.807, 2.05) is 12.4 Å². The Bertz CT molecular complexity index is 709. The molecule has 0 spiro atoms. The fourth-order valence-electron chi connectivity index (χ4n) is 3.04. The summed E-state index contributed by atoms with van der Waals surface area (Å²) in [6, 6.07) is 3.46. The van der Waals surface area contributed by atoms with E-state index in [4.69, 9.17) is 10.5 Å². The van der Waals surface area contributed by atoms with Crippen molar-refractivity contribution in [3.8, 4) is 0 Å². The number of pyridine rings is 1. The predicted molar refractivity (Wildman–Crippen MR) is 94.3 cm³/mol. The number of piperazine rings is 1. The molecule has 2 aromatic heterocycles. The highest BCUT2D eigenvalue weighted by Gasteiger charge is 2.22. The number of hydrogen-bond acceptors (Lipinski definition) is 6. The van der Waals surface area contributed by atoms with Crippen molar-refractivity contribution < 1.29 is 9.53 Å². The molecule has 8 heteroatoms. The first-order valence-electron chi connectivity index (χ1n) is 8.40. The predicted octanol–water partition coefficient (Wildman–Crippen LogP) is 0.346. The van der Waals surface area contributed by atoms with Crippen molar-refractivity contribution in [3.63, 3.8) is 0 Å². The molecule has 3 heterocycles. The van der Waals surface area contributed by atoms with Crippen LogP contribution in [0.25, 0.3) is 0 Å². The Balaban J connectivity index is 1.59. The van der Waals surface area contributed by atoms with Gasteiger partial charge in [0.2, 0.25) is 0 Å². The molecule has 25 heavy (non-hydrogen) atoms. The lowest BCUT2D eigenvalue weighted by molar-refractivity contribution is 0.1000. The standard InChI is InChI=1S/C17H24N6O2/c1-25-12-11-22-6-5-19-15(22)13-21-7-9-23(10-8-21)17-14(16(18)24)3-2-4-20-17/h2-6H,7-13H2,1H3,(H2,18,24). The number of primary amides is 1. The third kappa shape index (κ3) is 4.15. The number of amides is 1. The van der Waals surface area contributed by atoms with Gasteiger partial charge in [0.05, 0.1) is 18.7 Å². The van der Waals surface area contributed by atoms with Crippen molar-refractivity contribution in [2.75, 3.05) is 44.8 Å². The largest absolute Gasteiger partial charge is 0.383 e. The van der Waals surface area contributed by atoms with Crippen molar-refractivity contribution in [1.29, 1.82) is 0 Å². The number of nitrogens with zero attached hydrogens (tertiary/aromatic N) is 5. The lowest BCUT2D eigenvalue weighted by Gasteiger charge is -2.35. The summed E-state index contributed by atoms with van der Waals surface area (Å²) in [6.07, 6.45) is 5.51. The van der Waals surface area contributed by atoms with Crippen molar-refractivity contribution in [3.05, 3.63) is 42.1 Å². The Morgan fingerprint density at radius 2 is 2.04 bits per heavy atom. The quantitative estimate of drug-likeness (QED) is 0.779. The molecule has 2 N–H and O–H groups in total. The molecule has 0 radical (unpaired) electrons. The van der Waals surface area contributed by atoms with E-state index in [0.29, 0.717) is 18.0 Å². The van der Waals surface area contributed by atoms with E-state index in [1.54, 1.807) is 25.4 Å². The van der Waals surface area contributed by atoms with Gasteiger partial charge in [-0.3, -0.25) is 9.69 Å². The second kappa shape index (κ2) is 8.09. The van der Waals surface area contributed by atoms with Gasteiger partial charge in [0.1, 0.15) is 11.6 Å². The van der Waals surface area contributed by atoms with Gasteiger partial charge in [-0.15, -0.1) is 0 Å². The van der Waals surface area contributed by atoms with Gasteiger partial charge in [-0.05, 0) is 12.1 Å². The van der Waals surface area contributed by atoms with Crippen LogP contribution in [0.1, 0.15) is 16.2 Å². The summed E-state index contributed by atoms with van der Waals surface area (Å²) in [6.45, 7) is 5.65. The zero-order chi connectivity index (χ0) is 17.6. The van der Waals surface area contributed by atoms with Crippen LogP contribution in [0, 0.1) is 0 Å². The second-order valence-electron chi connectivity index (χ2n) is 6.03. The fourth-order valence-corrected chi connectivity index (χ4v) is 3.04. The molecule has 1 aliphatic heterocycles. The topological polar surface area (TPSA) is 89.5 Å². The number of anilines is 1. The van der Waals surface area contributed by atoms with Gasteiger partial charge in [-0.2, -0.15) is 0 Å². The highest BCUT2D eigenvalue weighted by atomic mass is 16.5. The third-order valence-corrected chi connectivity index (χ3v) is 4.43. The van der Waals surface area contributed by atoms with E-state index in [0.717, 1.165) is 45.1 Å². The van der Waals surface area contributed by atoms with Gasteiger partial charge in [0, 0.05) is 58.4 Å². The van der Waals surface area contributed by atoms with Gasteiger partial charge >= 0.3 is 0 Å². The molecule has 3 rings (SSSR count). The number of carbonyl (C=O) groups excluding carboxylic acids is 1. The number of nitrogens with two attached hydrogens (primary N) is 1. The van der Waals surface area contributed by atoms with Crippen LogP contribution in [0.15, 0.2) is 30.7 Å². The maximum Gasteiger partial charge on any atom is 0.252 e. The average molecular weight is 344 g/mol. The normalized spacial score (nSPS) is 15.5. The summed E-state index contributed by atoms with van der Waals surface area (Å²) >= 11 is 0. The van der Waals surface area contributed by atoms with E-state index < -0.39 is 5.91 Å². The Morgan fingerprint density at radius 3 is 2.76 bits per heavy atom. The van der Waals surface area contributed by atoms with Crippen LogP contribution in [-0.2, 0) is 17.8 Å². The van der Waals surface area contributed by atoms with Gasteiger partial charge in [0.15, 0.2) is 0 Å². The van der Waals surface area contributed by atoms with Gasteiger partial charge in [-0.25, -0.2) is 9.97 Å². The Labute approximate surface area is 147 Å². The van der Waals surface area contributed by atoms with Crippen LogP contribution in [0.4, 0.5) is 5.82 Å². The molecular weight excluding hydrogens is 320 g/mol. The maximum atomic E-state index is 11.6. The minimum atomic E-state index is -0.439. The van der Waals surface area contributed by atoms with Crippen molar-refractivity contribution >= 4 is 11.7 Å². The first-order chi connectivity index (χ1) is 12.2. The van der Waals surface area contributed by atoms with E-state index in [2.05, 4.69) is 24.3 Å². The maximum absolute atomic E-state index is 11.6. The summed E-state index contributed by atoms with van der Waals surface area (Å²) in [5, 5.41) is 0. The third-order valence-electron chi connectivity index (χ3n) is 4.43. The Hall–Kier alpha value is -2.45. The summed E-state index contributed by atoms with van der Waals surface area (Å²) < 4.78 is 7.26. The number of methoxy groups -OCH3 is 1. The number of imidazole rings is 1. The number of hydrogen-bond donors (Lipinski definition) is 1. The summed E-state index contributed by atoms with van der Waals surface area (Å²) in [4.78, 5) is 24.9. The van der Waals surface area contributed by atoms with Gasteiger partial charge in [-0.1, -0.05) is 0 Å².